The smallest absolute Gasteiger partial charge is 0.271 e. The molecule has 0 spiro atoms. The van der Waals surface area contributed by atoms with Gasteiger partial charge in [0.05, 0.1) is 4.70 Å². The van der Waals surface area contributed by atoms with Crippen molar-refractivity contribution in [1.29, 1.82) is 0 Å². The molecule has 1 amide bonds. The number of nitrogens with zero attached hydrogens (tertiary/aromatic N) is 2. The lowest BCUT2D eigenvalue weighted by molar-refractivity contribution is 0.0619. The van der Waals surface area contributed by atoms with Crippen molar-refractivity contribution in [3.63, 3.8) is 0 Å². The van der Waals surface area contributed by atoms with Crippen LogP contribution in [0.25, 0.3) is 10.1 Å². The maximum Gasteiger partial charge on any atom is 0.271 e. The molecule has 0 unspecified atom stereocenters. The number of piperidine rings is 3. The Balaban J connectivity index is 1.30. The molecule has 4 heterocycles. The fourth-order valence-electron chi connectivity index (χ4n) is 4.16. The van der Waals surface area contributed by atoms with E-state index in [1.54, 1.807) is 0 Å². The highest BCUT2D eigenvalue weighted by molar-refractivity contribution is 7.13. The summed E-state index contributed by atoms with van der Waals surface area (Å²) in [6, 6.07) is 6.52. The largest absolute Gasteiger partial charge is 0.385 e. The third kappa shape index (κ3) is 3.13. The summed E-state index contributed by atoms with van der Waals surface area (Å²) in [5, 5.41) is 7.72. The zero-order valence-corrected chi connectivity index (χ0v) is 15.1. The van der Waals surface area contributed by atoms with Crippen molar-refractivity contribution in [1.82, 2.24) is 14.6 Å². The van der Waals surface area contributed by atoms with Crippen LogP contribution in [0, 0.1) is 11.8 Å². The fourth-order valence-corrected chi connectivity index (χ4v) is 4.97. The fraction of sp³-hybridized carbons (Fsp3) is 0.579. The van der Waals surface area contributed by atoms with Gasteiger partial charge >= 0.3 is 0 Å². The Bertz CT molecular complexity index is 792. The average molecular weight is 356 g/mol. The van der Waals surface area contributed by atoms with Crippen LogP contribution in [0.15, 0.2) is 18.2 Å². The first-order valence-corrected chi connectivity index (χ1v) is 10.2. The van der Waals surface area contributed by atoms with Crippen LogP contribution in [0.5, 0.6) is 0 Å². The van der Waals surface area contributed by atoms with Gasteiger partial charge in [0.25, 0.3) is 5.91 Å². The van der Waals surface area contributed by atoms with Gasteiger partial charge in [-0.2, -0.15) is 4.37 Å². The molecule has 3 aliphatic heterocycles. The summed E-state index contributed by atoms with van der Waals surface area (Å²) in [7, 11) is 0. The monoisotopic (exact) mass is 356 g/mol. The zero-order valence-electron chi connectivity index (χ0n) is 14.3. The normalized spacial score (nSPS) is 28.2. The van der Waals surface area contributed by atoms with E-state index in [-0.39, 0.29) is 11.9 Å². The number of amides is 1. The molecule has 6 rings (SSSR count). The van der Waals surface area contributed by atoms with Gasteiger partial charge in [0.1, 0.15) is 5.69 Å². The summed E-state index contributed by atoms with van der Waals surface area (Å²) >= 11 is 1.42. The molecular formula is C19H24N4OS. The topological polar surface area (TPSA) is 57.3 Å². The van der Waals surface area contributed by atoms with Crippen molar-refractivity contribution in [3.8, 4) is 0 Å². The van der Waals surface area contributed by atoms with Gasteiger partial charge in [-0.3, -0.25) is 4.79 Å². The van der Waals surface area contributed by atoms with Crippen LogP contribution in [-0.2, 0) is 0 Å². The molecular weight excluding hydrogens is 332 g/mol. The Morgan fingerprint density at radius 3 is 2.80 bits per heavy atom. The van der Waals surface area contributed by atoms with Crippen LogP contribution in [0.2, 0.25) is 0 Å². The maximum atomic E-state index is 12.8. The van der Waals surface area contributed by atoms with E-state index in [2.05, 4.69) is 32.0 Å². The van der Waals surface area contributed by atoms with Crippen molar-refractivity contribution in [2.45, 2.75) is 31.7 Å². The average Bonchev–Trinajstić information content (AvgIpc) is 3.38. The van der Waals surface area contributed by atoms with E-state index in [0.717, 1.165) is 34.8 Å². The van der Waals surface area contributed by atoms with Gasteiger partial charge in [0.2, 0.25) is 0 Å². The first-order valence-electron chi connectivity index (χ1n) is 9.43. The molecule has 2 bridgehead atoms. The van der Waals surface area contributed by atoms with Crippen LogP contribution in [-0.4, -0.2) is 47.4 Å². The molecule has 25 heavy (non-hydrogen) atoms. The number of hydrogen-bond donors (Lipinski definition) is 2. The summed E-state index contributed by atoms with van der Waals surface area (Å²) in [5.41, 5.74) is 1.72. The lowest BCUT2D eigenvalue weighted by Crippen LogP contribution is -2.57. The molecule has 1 aromatic heterocycles. The SMILES string of the molecule is O=C(N[C@@H]1CN2CCC1CC2)c1nsc2cc(NCC3CC3)ccc12. The second-order valence-corrected chi connectivity index (χ2v) is 8.59. The summed E-state index contributed by atoms with van der Waals surface area (Å²) in [4.78, 5) is 15.2. The van der Waals surface area contributed by atoms with Crippen molar-refractivity contribution in [2.24, 2.45) is 11.8 Å². The Morgan fingerprint density at radius 1 is 1.24 bits per heavy atom. The molecule has 132 valence electrons. The Kier molecular flexibility index (Phi) is 3.90. The van der Waals surface area contributed by atoms with E-state index in [1.807, 2.05) is 6.07 Å². The molecule has 1 aromatic carbocycles. The number of benzene rings is 1. The number of rotatable bonds is 5. The predicted octanol–water partition coefficient (Wildman–Crippen LogP) is 2.94. The number of carbonyl (C=O) groups excluding carboxylic acids is 1. The van der Waals surface area contributed by atoms with Crippen LogP contribution in [0.3, 0.4) is 0 Å². The highest BCUT2D eigenvalue weighted by atomic mass is 32.1. The summed E-state index contributed by atoms with van der Waals surface area (Å²) in [6.45, 7) is 4.42. The van der Waals surface area contributed by atoms with E-state index in [0.29, 0.717) is 11.6 Å². The van der Waals surface area contributed by atoms with Crippen molar-refractivity contribution in [3.05, 3.63) is 23.9 Å². The van der Waals surface area contributed by atoms with Crippen LogP contribution < -0.4 is 10.6 Å². The van der Waals surface area contributed by atoms with Crippen LogP contribution >= 0.6 is 11.5 Å². The van der Waals surface area contributed by atoms with Gasteiger partial charge in [0.15, 0.2) is 0 Å². The van der Waals surface area contributed by atoms with Crippen molar-refractivity contribution >= 4 is 33.2 Å². The lowest BCUT2D eigenvalue weighted by Gasteiger charge is -2.44. The number of nitrogens with one attached hydrogen (secondary N) is 2. The van der Waals surface area contributed by atoms with E-state index >= 15 is 0 Å². The van der Waals surface area contributed by atoms with Gasteiger partial charge in [-0.1, -0.05) is 0 Å². The standard InChI is InChI=1S/C19H24N4OS/c24-19(21-16-11-23-7-5-13(16)6-8-23)18-15-4-3-14(9-17(15)25-22-18)20-10-12-1-2-12/h3-4,9,12-13,16,20H,1-2,5-8,10-11H2,(H,21,24)/t16-/m1/s1. The van der Waals surface area contributed by atoms with Gasteiger partial charge < -0.3 is 15.5 Å². The molecule has 2 aromatic rings. The van der Waals surface area contributed by atoms with Crippen LogP contribution in [0.4, 0.5) is 5.69 Å². The number of carbonyl (C=O) groups is 1. The molecule has 0 radical (unpaired) electrons. The van der Waals surface area contributed by atoms with Gasteiger partial charge in [-0.05, 0) is 80.3 Å². The molecule has 4 fully saturated rings. The highest BCUT2D eigenvalue weighted by Gasteiger charge is 2.35. The first kappa shape index (κ1) is 15.6. The van der Waals surface area contributed by atoms with E-state index in [4.69, 9.17) is 0 Å². The van der Waals surface area contributed by atoms with Crippen molar-refractivity contribution < 1.29 is 4.79 Å². The number of hydrogen-bond acceptors (Lipinski definition) is 5. The Labute approximate surface area is 151 Å². The van der Waals surface area contributed by atoms with Crippen LogP contribution in [0.1, 0.15) is 36.2 Å². The molecule has 2 N–H and O–H groups in total. The van der Waals surface area contributed by atoms with E-state index < -0.39 is 0 Å². The van der Waals surface area contributed by atoms with E-state index in [1.165, 1.54) is 50.3 Å². The lowest BCUT2D eigenvalue weighted by atomic mass is 9.84. The number of fused-ring (bicyclic) bond motifs is 4. The second-order valence-electron chi connectivity index (χ2n) is 7.78. The highest BCUT2D eigenvalue weighted by Crippen LogP contribution is 2.31. The molecule has 1 atom stereocenters. The number of anilines is 1. The first-order chi connectivity index (χ1) is 12.3. The van der Waals surface area contributed by atoms with Gasteiger partial charge in [-0.15, -0.1) is 0 Å². The minimum Gasteiger partial charge on any atom is -0.385 e. The molecule has 6 heteroatoms. The molecule has 4 aliphatic rings. The summed E-state index contributed by atoms with van der Waals surface area (Å²) in [5.74, 6) is 1.47. The quantitative estimate of drug-likeness (QED) is 0.865. The maximum absolute atomic E-state index is 12.8. The predicted molar refractivity (Wildman–Crippen MR) is 101 cm³/mol. The summed E-state index contributed by atoms with van der Waals surface area (Å²) in [6.07, 6.45) is 5.11. The van der Waals surface area contributed by atoms with Gasteiger partial charge in [-0.25, -0.2) is 0 Å². The zero-order chi connectivity index (χ0) is 16.8. The Morgan fingerprint density at radius 2 is 2.08 bits per heavy atom. The molecule has 1 aliphatic carbocycles. The molecule has 1 saturated carbocycles. The minimum absolute atomic E-state index is 0.0105. The summed E-state index contributed by atoms with van der Waals surface area (Å²) < 4.78 is 5.54. The van der Waals surface area contributed by atoms with Gasteiger partial charge in [0, 0.05) is 30.2 Å². The van der Waals surface area contributed by atoms with Crippen molar-refractivity contribution in [2.75, 3.05) is 31.5 Å². The second kappa shape index (κ2) is 6.25. The molecule has 3 saturated heterocycles. The third-order valence-corrected chi connectivity index (χ3v) is 6.76. The molecule has 5 nitrogen and oxygen atoms in total. The third-order valence-electron chi connectivity index (χ3n) is 5.95. The number of aromatic nitrogens is 1. The Hall–Kier alpha value is -1.66. The minimum atomic E-state index is -0.0105. The van der Waals surface area contributed by atoms with E-state index in [9.17, 15) is 4.79 Å².